The zero-order valence-electron chi connectivity index (χ0n) is 27.5. The van der Waals surface area contributed by atoms with E-state index in [1.54, 1.807) is 33.9 Å². The van der Waals surface area contributed by atoms with Gasteiger partial charge in [-0.05, 0) is 59.4 Å². The number of pyridine rings is 2. The number of benzene rings is 4. The second kappa shape index (κ2) is 14.0. The molecule has 8 rings (SSSR count). The first-order valence-corrected chi connectivity index (χ1v) is 16.2. The molecule has 4 aromatic carbocycles. The van der Waals surface area contributed by atoms with Crippen LogP contribution in [0.1, 0.15) is 33.6 Å². The molecule has 4 aromatic heterocycles. The first-order valence-electron chi connectivity index (χ1n) is 16.2. The van der Waals surface area contributed by atoms with Gasteiger partial charge >= 0.3 is 21.1 Å². The SMILES string of the molecule is Cc1ccc(-c2ccc(C(c3ccccc3)(c3ccccc3)c3ccc(-c4ccc(C)cc4)c(-n4[c-]ccn4)n3)nc2-n2[c-]ccn2)cc1.[Pt+2]. The van der Waals surface area contributed by atoms with Crippen molar-refractivity contribution in [1.29, 1.82) is 0 Å². The Labute approximate surface area is 306 Å². The van der Waals surface area contributed by atoms with Gasteiger partial charge in [0.15, 0.2) is 0 Å². The Kier molecular flexibility index (Phi) is 9.21. The third kappa shape index (κ3) is 5.93. The Morgan fingerprint density at radius 1 is 0.480 bits per heavy atom. The van der Waals surface area contributed by atoms with Crippen LogP contribution in [0.4, 0.5) is 0 Å². The predicted octanol–water partition coefficient (Wildman–Crippen LogP) is 8.78. The van der Waals surface area contributed by atoms with E-state index in [1.807, 2.05) is 12.1 Å². The molecular weight excluding hydrogens is 796 g/mol. The summed E-state index contributed by atoms with van der Waals surface area (Å²) in [5.41, 5.74) is 9.10. The molecule has 0 unspecified atom stereocenters. The fourth-order valence-corrected chi connectivity index (χ4v) is 6.53. The Bertz CT molecular complexity index is 2150. The maximum atomic E-state index is 5.50. The van der Waals surface area contributed by atoms with Gasteiger partial charge in [0.1, 0.15) is 5.41 Å². The van der Waals surface area contributed by atoms with Crippen LogP contribution >= 0.6 is 0 Å². The molecule has 0 aliphatic heterocycles. The van der Waals surface area contributed by atoms with Crippen LogP contribution in [0.3, 0.4) is 0 Å². The van der Waals surface area contributed by atoms with E-state index < -0.39 is 5.41 Å². The summed E-state index contributed by atoms with van der Waals surface area (Å²) < 4.78 is 3.44. The summed E-state index contributed by atoms with van der Waals surface area (Å²) >= 11 is 0. The molecule has 0 amide bonds. The van der Waals surface area contributed by atoms with Gasteiger partial charge in [0.05, 0.1) is 11.6 Å². The van der Waals surface area contributed by atoms with Crippen molar-refractivity contribution in [2.75, 3.05) is 0 Å². The standard InChI is InChI=1S/C43H32N6.Pt/c1-31-15-19-33(20-16-31)37-23-25-39(46-41(37)48-29-9-27-44-48)43(35-11-5-3-6-12-35,36-13-7-4-8-14-36)40-26-24-38(34-21-17-32(2)18-22-34)42(47-40)49-30-10-28-45-49;/h3-28H,1-2H3;/q-2;+2. The van der Waals surface area contributed by atoms with Gasteiger partial charge in [-0.15, -0.1) is 12.1 Å². The molecule has 0 atom stereocenters. The molecule has 244 valence electrons. The van der Waals surface area contributed by atoms with Gasteiger partial charge in [-0.3, -0.25) is 20.2 Å². The van der Waals surface area contributed by atoms with Gasteiger partial charge in [-0.1, -0.05) is 157 Å². The molecular formula is C43H32N6Pt. The van der Waals surface area contributed by atoms with Crippen LogP contribution in [0.2, 0.25) is 0 Å². The van der Waals surface area contributed by atoms with Crippen molar-refractivity contribution in [3.05, 3.63) is 204 Å². The number of hydrogen-bond acceptors (Lipinski definition) is 4. The van der Waals surface area contributed by atoms with Crippen molar-refractivity contribution in [3.8, 4) is 33.9 Å². The van der Waals surface area contributed by atoms with Crippen molar-refractivity contribution in [2.24, 2.45) is 0 Å². The average Bonchev–Trinajstić information content (AvgIpc) is 3.90. The minimum absolute atomic E-state index is 0. The number of aryl methyl sites for hydroxylation is 2. The molecule has 0 saturated carbocycles. The molecule has 7 heteroatoms. The predicted molar refractivity (Wildman–Crippen MR) is 193 cm³/mol. The summed E-state index contributed by atoms with van der Waals surface area (Å²) in [6.45, 7) is 4.18. The number of hydrogen-bond donors (Lipinski definition) is 0. The molecule has 0 saturated heterocycles. The second-order valence-electron chi connectivity index (χ2n) is 12.1. The molecule has 0 aliphatic rings. The Balaban J connectivity index is 0.00000392. The Morgan fingerprint density at radius 3 is 1.24 bits per heavy atom. The van der Waals surface area contributed by atoms with E-state index in [1.165, 1.54) is 11.1 Å². The van der Waals surface area contributed by atoms with E-state index in [0.717, 1.165) is 44.8 Å². The van der Waals surface area contributed by atoms with E-state index in [2.05, 4.69) is 158 Å². The fourth-order valence-electron chi connectivity index (χ4n) is 6.53. The van der Waals surface area contributed by atoms with E-state index in [-0.39, 0.29) is 21.1 Å². The van der Waals surface area contributed by atoms with Crippen LogP contribution in [0.15, 0.2) is 158 Å². The molecule has 4 heterocycles. The van der Waals surface area contributed by atoms with Gasteiger partial charge in [-0.25, -0.2) is 0 Å². The van der Waals surface area contributed by atoms with Gasteiger partial charge in [0, 0.05) is 11.4 Å². The summed E-state index contributed by atoms with van der Waals surface area (Å²) in [6, 6.07) is 50.0. The molecule has 0 fully saturated rings. The largest absolute Gasteiger partial charge is 2.00 e. The van der Waals surface area contributed by atoms with Crippen LogP contribution in [-0.2, 0) is 26.5 Å². The monoisotopic (exact) mass is 827 g/mol. The van der Waals surface area contributed by atoms with Crippen molar-refractivity contribution in [3.63, 3.8) is 0 Å². The molecule has 0 bridgehead atoms. The van der Waals surface area contributed by atoms with Crippen LogP contribution in [0.25, 0.3) is 33.9 Å². The zero-order valence-corrected chi connectivity index (χ0v) is 29.8. The molecule has 0 N–H and O–H groups in total. The molecule has 0 radical (unpaired) electrons. The van der Waals surface area contributed by atoms with Gasteiger partial charge in [0.2, 0.25) is 0 Å². The number of rotatable bonds is 8. The first kappa shape index (κ1) is 32.8. The van der Waals surface area contributed by atoms with Gasteiger partial charge in [-0.2, -0.15) is 0 Å². The zero-order chi connectivity index (χ0) is 33.2. The third-order valence-corrected chi connectivity index (χ3v) is 8.97. The first-order chi connectivity index (χ1) is 24.1. The van der Waals surface area contributed by atoms with Crippen LogP contribution in [0, 0.1) is 26.2 Å². The fraction of sp³-hybridized carbons (Fsp3) is 0.0698. The van der Waals surface area contributed by atoms with Crippen molar-refractivity contribution in [1.82, 2.24) is 29.5 Å². The quantitative estimate of drug-likeness (QED) is 0.144. The molecule has 8 aromatic rings. The normalized spacial score (nSPS) is 11.2. The van der Waals surface area contributed by atoms with E-state index in [9.17, 15) is 0 Å². The number of aromatic nitrogens is 6. The minimum atomic E-state index is -0.927. The van der Waals surface area contributed by atoms with E-state index in [0.29, 0.717) is 11.6 Å². The second-order valence-corrected chi connectivity index (χ2v) is 12.1. The summed E-state index contributed by atoms with van der Waals surface area (Å²) in [4.78, 5) is 11.0. The molecule has 0 aliphatic carbocycles. The Hall–Kier alpha value is -5.71. The summed E-state index contributed by atoms with van der Waals surface area (Å²) in [5.74, 6) is 1.36. The smallest absolute Gasteiger partial charge is 0.343 e. The van der Waals surface area contributed by atoms with Crippen molar-refractivity contribution in [2.45, 2.75) is 19.3 Å². The molecule has 50 heavy (non-hydrogen) atoms. The van der Waals surface area contributed by atoms with E-state index >= 15 is 0 Å². The summed E-state index contributed by atoms with van der Waals surface area (Å²) in [5, 5.41) is 9.20. The van der Waals surface area contributed by atoms with Gasteiger partial charge < -0.3 is 9.36 Å². The summed E-state index contributed by atoms with van der Waals surface area (Å²) in [6.07, 6.45) is 9.94. The Morgan fingerprint density at radius 2 is 0.880 bits per heavy atom. The van der Waals surface area contributed by atoms with E-state index in [4.69, 9.17) is 9.97 Å². The van der Waals surface area contributed by atoms with Crippen LogP contribution in [0.5, 0.6) is 0 Å². The minimum Gasteiger partial charge on any atom is -0.343 e. The maximum Gasteiger partial charge on any atom is 2.00 e. The van der Waals surface area contributed by atoms with Crippen LogP contribution < -0.4 is 0 Å². The number of nitrogens with zero attached hydrogens (tertiary/aromatic N) is 6. The van der Waals surface area contributed by atoms with Crippen LogP contribution in [-0.4, -0.2) is 29.5 Å². The molecule has 6 nitrogen and oxygen atoms in total. The topological polar surface area (TPSA) is 61.4 Å². The van der Waals surface area contributed by atoms with Crippen molar-refractivity contribution < 1.29 is 21.1 Å². The van der Waals surface area contributed by atoms with Crippen molar-refractivity contribution >= 4 is 0 Å². The third-order valence-electron chi connectivity index (χ3n) is 8.97. The molecule has 0 spiro atoms. The summed E-state index contributed by atoms with van der Waals surface area (Å²) in [7, 11) is 0. The average molecular weight is 828 g/mol. The maximum absolute atomic E-state index is 5.50. The van der Waals surface area contributed by atoms with Gasteiger partial charge in [0.25, 0.3) is 0 Å².